The average Bonchev–Trinajstić information content (AvgIpc) is 3.25. The van der Waals surface area contributed by atoms with E-state index in [9.17, 15) is 14.4 Å². The molecule has 10 heteroatoms. The van der Waals surface area contributed by atoms with Gasteiger partial charge in [0.15, 0.2) is 4.34 Å². The van der Waals surface area contributed by atoms with Gasteiger partial charge in [-0.05, 0) is 25.3 Å². The molecular formula is C19H23N5O3S2. The Balaban J connectivity index is 1.54. The first-order valence-electron chi connectivity index (χ1n) is 9.32. The number of anilines is 1. The summed E-state index contributed by atoms with van der Waals surface area (Å²) in [7, 11) is 0. The van der Waals surface area contributed by atoms with Crippen LogP contribution in [0.4, 0.5) is 9.93 Å². The molecule has 0 saturated carbocycles. The zero-order valence-corrected chi connectivity index (χ0v) is 18.2. The van der Waals surface area contributed by atoms with Crippen LogP contribution < -0.4 is 10.6 Å². The molecule has 154 valence electrons. The number of carbonyl (C=O) groups excluding carboxylic acids is 3. The van der Waals surface area contributed by atoms with E-state index in [4.69, 9.17) is 0 Å². The SMILES string of the molecule is CCC1(CC)NC(=O)N(CC(=O)Nc2nnc(SCc3ccc(C)cc3)s2)C1=O. The van der Waals surface area contributed by atoms with Crippen LogP contribution in [0.25, 0.3) is 0 Å². The van der Waals surface area contributed by atoms with Gasteiger partial charge in [-0.15, -0.1) is 10.2 Å². The van der Waals surface area contributed by atoms with Gasteiger partial charge in [-0.1, -0.05) is 66.8 Å². The first-order valence-corrected chi connectivity index (χ1v) is 11.1. The number of urea groups is 1. The monoisotopic (exact) mass is 433 g/mol. The van der Waals surface area contributed by atoms with E-state index in [2.05, 4.69) is 45.1 Å². The number of nitrogens with zero attached hydrogens (tertiary/aromatic N) is 3. The summed E-state index contributed by atoms with van der Waals surface area (Å²) in [6.07, 6.45) is 0.953. The van der Waals surface area contributed by atoms with Gasteiger partial charge in [0.2, 0.25) is 11.0 Å². The van der Waals surface area contributed by atoms with E-state index in [0.717, 1.165) is 15.0 Å². The summed E-state index contributed by atoms with van der Waals surface area (Å²) in [4.78, 5) is 38.0. The molecule has 0 spiro atoms. The lowest BCUT2D eigenvalue weighted by Gasteiger charge is -2.22. The van der Waals surface area contributed by atoms with Crippen LogP contribution in [-0.4, -0.2) is 45.0 Å². The molecule has 2 heterocycles. The second kappa shape index (κ2) is 8.91. The predicted octanol–water partition coefficient (Wildman–Crippen LogP) is 3.19. The molecule has 0 atom stereocenters. The number of thioether (sulfide) groups is 1. The highest BCUT2D eigenvalue weighted by atomic mass is 32.2. The molecule has 2 N–H and O–H groups in total. The molecule has 1 aromatic heterocycles. The summed E-state index contributed by atoms with van der Waals surface area (Å²) < 4.78 is 0.729. The largest absolute Gasteiger partial charge is 0.325 e. The maximum Gasteiger partial charge on any atom is 0.325 e. The number of aryl methyl sites for hydroxylation is 1. The van der Waals surface area contributed by atoms with E-state index in [1.807, 2.05) is 20.8 Å². The van der Waals surface area contributed by atoms with E-state index in [1.165, 1.54) is 34.2 Å². The zero-order chi connectivity index (χ0) is 21.0. The van der Waals surface area contributed by atoms with Gasteiger partial charge in [-0.3, -0.25) is 19.8 Å². The number of aromatic nitrogens is 2. The van der Waals surface area contributed by atoms with Crippen LogP contribution in [0.3, 0.4) is 0 Å². The lowest BCUT2D eigenvalue weighted by molar-refractivity contribution is -0.134. The smallest absolute Gasteiger partial charge is 0.323 e. The first-order chi connectivity index (χ1) is 13.9. The quantitative estimate of drug-likeness (QED) is 0.376. The molecule has 1 aliphatic heterocycles. The van der Waals surface area contributed by atoms with Gasteiger partial charge in [0, 0.05) is 5.75 Å². The molecule has 1 saturated heterocycles. The van der Waals surface area contributed by atoms with Crippen molar-refractivity contribution in [3.05, 3.63) is 35.4 Å². The molecule has 4 amide bonds. The molecule has 0 unspecified atom stereocenters. The van der Waals surface area contributed by atoms with Gasteiger partial charge in [0.25, 0.3) is 5.91 Å². The number of imide groups is 1. The fourth-order valence-electron chi connectivity index (χ4n) is 3.00. The van der Waals surface area contributed by atoms with Crippen molar-refractivity contribution in [1.29, 1.82) is 0 Å². The third-order valence-electron chi connectivity index (χ3n) is 4.89. The molecule has 0 aliphatic carbocycles. The Labute approximate surface area is 177 Å². The maximum absolute atomic E-state index is 12.6. The van der Waals surface area contributed by atoms with Crippen molar-refractivity contribution in [2.75, 3.05) is 11.9 Å². The Morgan fingerprint density at radius 3 is 2.52 bits per heavy atom. The highest BCUT2D eigenvalue weighted by Gasteiger charge is 2.49. The van der Waals surface area contributed by atoms with Crippen LogP contribution in [-0.2, 0) is 15.3 Å². The molecular weight excluding hydrogens is 410 g/mol. The van der Waals surface area contributed by atoms with Crippen LogP contribution in [0.1, 0.15) is 37.8 Å². The Bertz CT molecular complexity index is 909. The van der Waals surface area contributed by atoms with Gasteiger partial charge in [0.1, 0.15) is 12.1 Å². The van der Waals surface area contributed by atoms with E-state index < -0.39 is 17.5 Å². The van der Waals surface area contributed by atoms with Gasteiger partial charge >= 0.3 is 6.03 Å². The predicted molar refractivity (Wildman–Crippen MR) is 113 cm³/mol. The van der Waals surface area contributed by atoms with Gasteiger partial charge in [-0.25, -0.2) is 4.79 Å². The lowest BCUT2D eigenvalue weighted by Crippen LogP contribution is -2.46. The Morgan fingerprint density at radius 2 is 1.90 bits per heavy atom. The summed E-state index contributed by atoms with van der Waals surface area (Å²) in [6, 6.07) is 7.71. The van der Waals surface area contributed by atoms with Crippen molar-refractivity contribution >= 4 is 46.1 Å². The van der Waals surface area contributed by atoms with Crippen molar-refractivity contribution in [2.24, 2.45) is 0 Å². The molecule has 1 fully saturated rings. The number of amides is 4. The number of benzene rings is 1. The number of hydrogen-bond donors (Lipinski definition) is 2. The van der Waals surface area contributed by atoms with Gasteiger partial charge < -0.3 is 5.32 Å². The molecule has 29 heavy (non-hydrogen) atoms. The normalized spacial score (nSPS) is 15.5. The fraction of sp³-hybridized carbons (Fsp3) is 0.421. The lowest BCUT2D eigenvalue weighted by atomic mass is 9.93. The molecule has 0 bridgehead atoms. The van der Waals surface area contributed by atoms with E-state index >= 15 is 0 Å². The van der Waals surface area contributed by atoms with Crippen LogP contribution >= 0.6 is 23.1 Å². The minimum Gasteiger partial charge on any atom is -0.323 e. The highest BCUT2D eigenvalue weighted by Crippen LogP contribution is 2.29. The molecule has 2 aromatic rings. The Hall–Kier alpha value is -2.46. The molecule has 1 aliphatic rings. The van der Waals surface area contributed by atoms with E-state index in [-0.39, 0.29) is 12.5 Å². The third kappa shape index (κ3) is 4.76. The Kier molecular flexibility index (Phi) is 6.53. The zero-order valence-electron chi connectivity index (χ0n) is 16.5. The van der Waals surface area contributed by atoms with Crippen molar-refractivity contribution < 1.29 is 14.4 Å². The third-order valence-corrected chi connectivity index (χ3v) is 6.93. The van der Waals surface area contributed by atoms with E-state index in [1.54, 1.807) is 0 Å². The van der Waals surface area contributed by atoms with Crippen molar-refractivity contribution in [1.82, 2.24) is 20.4 Å². The van der Waals surface area contributed by atoms with Gasteiger partial charge in [-0.2, -0.15) is 0 Å². The van der Waals surface area contributed by atoms with Crippen LogP contribution in [0, 0.1) is 6.92 Å². The molecule has 1 aromatic carbocycles. The van der Waals surface area contributed by atoms with Crippen LogP contribution in [0.2, 0.25) is 0 Å². The summed E-state index contributed by atoms with van der Waals surface area (Å²) in [5.41, 5.74) is 1.47. The van der Waals surface area contributed by atoms with Crippen LogP contribution in [0.5, 0.6) is 0 Å². The standard InChI is InChI=1S/C19H23N5O3S2/c1-4-19(5-2)15(26)24(17(27)21-19)10-14(25)20-16-22-23-18(29-16)28-11-13-8-6-12(3)7-9-13/h6-9H,4-5,10-11H2,1-3H3,(H,21,27)(H,20,22,25). The molecule has 3 rings (SSSR count). The summed E-state index contributed by atoms with van der Waals surface area (Å²) in [5.74, 6) is -0.0986. The molecule has 0 radical (unpaired) electrons. The summed E-state index contributed by atoms with van der Waals surface area (Å²) in [6.45, 7) is 5.36. The van der Waals surface area contributed by atoms with Crippen molar-refractivity contribution in [3.8, 4) is 0 Å². The second-order valence-electron chi connectivity index (χ2n) is 6.81. The van der Waals surface area contributed by atoms with Crippen molar-refractivity contribution in [3.63, 3.8) is 0 Å². The van der Waals surface area contributed by atoms with Crippen LogP contribution in [0.15, 0.2) is 28.6 Å². The Morgan fingerprint density at radius 1 is 1.21 bits per heavy atom. The summed E-state index contributed by atoms with van der Waals surface area (Å²) in [5, 5.41) is 13.7. The van der Waals surface area contributed by atoms with Gasteiger partial charge in [0.05, 0.1) is 0 Å². The minimum atomic E-state index is -0.917. The first kappa shape index (κ1) is 21.3. The maximum atomic E-state index is 12.6. The molecule has 8 nitrogen and oxygen atoms in total. The number of nitrogens with one attached hydrogen (secondary N) is 2. The number of rotatable bonds is 8. The fourth-order valence-corrected chi connectivity index (χ4v) is 4.72. The van der Waals surface area contributed by atoms with E-state index in [0.29, 0.717) is 18.0 Å². The number of carbonyl (C=O) groups is 3. The second-order valence-corrected chi connectivity index (χ2v) is 9.01. The average molecular weight is 434 g/mol. The minimum absolute atomic E-state index is 0.339. The highest BCUT2D eigenvalue weighted by molar-refractivity contribution is 8.00. The topological polar surface area (TPSA) is 104 Å². The van der Waals surface area contributed by atoms with Crippen molar-refractivity contribution in [2.45, 2.75) is 49.2 Å². The number of hydrogen-bond acceptors (Lipinski definition) is 7. The summed E-state index contributed by atoms with van der Waals surface area (Å²) >= 11 is 2.79.